The molecule has 1 saturated heterocycles. The second-order valence-electron chi connectivity index (χ2n) is 8.99. The standard InChI is InChI=1S/C25H21F3N4O/c26-21-18(13-1-4-16(5-2-13)24-12-30-11-20(24)25(24,27)28)10-19(22(29)32-21)14-3-6-17-15(9-14)7-8-31-23(17)33/h1-6,9-10,20,30H,7-8,11-12H2,(H2,29,32)(H,31,33). The van der Waals surface area contributed by atoms with Gasteiger partial charge in [-0.3, -0.25) is 4.79 Å². The highest BCUT2D eigenvalue weighted by atomic mass is 19.3. The van der Waals surface area contributed by atoms with Crippen LogP contribution < -0.4 is 16.4 Å². The van der Waals surface area contributed by atoms with Gasteiger partial charge in [0, 0.05) is 36.3 Å². The summed E-state index contributed by atoms with van der Waals surface area (Å²) in [5.41, 5.74) is 9.01. The maximum Gasteiger partial charge on any atom is 0.264 e. The SMILES string of the molecule is Nc1nc(F)c(-c2ccc(C34CNCC3C4(F)F)cc2)cc1-c1ccc2c(c1)CCNC2=O. The number of halogens is 3. The van der Waals surface area contributed by atoms with Crippen LogP contribution >= 0.6 is 0 Å². The average Bonchev–Trinajstić information content (AvgIpc) is 3.10. The van der Waals surface area contributed by atoms with Crippen LogP contribution in [-0.2, 0) is 11.8 Å². The second kappa shape index (κ2) is 6.81. The molecule has 0 radical (unpaired) electrons. The first-order valence-electron chi connectivity index (χ1n) is 10.9. The van der Waals surface area contributed by atoms with Crippen molar-refractivity contribution in [1.29, 1.82) is 0 Å². The number of hydrogen-bond acceptors (Lipinski definition) is 4. The van der Waals surface area contributed by atoms with Gasteiger partial charge in [-0.25, -0.2) is 13.8 Å². The van der Waals surface area contributed by atoms with E-state index in [9.17, 15) is 18.0 Å². The number of nitrogens with two attached hydrogens (primary N) is 1. The van der Waals surface area contributed by atoms with Crippen LogP contribution in [0.15, 0.2) is 48.5 Å². The van der Waals surface area contributed by atoms with E-state index in [0.717, 1.165) is 11.1 Å². The molecule has 168 valence electrons. The van der Waals surface area contributed by atoms with E-state index in [0.29, 0.717) is 41.8 Å². The van der Waals surface area contributed by atoms with Gasteiger partial charge < -0.3 is 16.4 Å². The number of carbonyl (C=O) groups is 1. The fourth-order valence-corrected chi connectivity index (χ4v) is 5.47. The van der Waals surface area contributed by atoms with Crippen LogP contribution in [0, 0.1) is 11.9 Å². The van der Waals surface area contributed by atoms with Crippen LogP contribution in [0.5, 0.6) is 0 Å². The summed E-state index contributed by atoms with van der Waals surface area (Å²) in [6.45, 7) is 1.10. The number of piperidine rings is 1. The lowest BCUT2D eigenvalue weighted by Crippen LogP contribution is -2.31. The van der Waals surface area contributed by atoms with Crippen molar-refractivity contribution in [3.05, 3.63) is 71.2 Å². The first kappa shape index (κ1) is 20.2. The number of aromatic nitrogens is 1. The zero-order valence-corrected chi connectivity index (χ0v) is 17.6. The molecule has 1 aromatic heterocycles. The summed E-state index contributed by atoms with van der Waals surface area (Å²) in [5.74, 6) is -4.21. The molecular weight excluding hydrogens is 429 g/mol. The number of fused-ring (bicyclic) bond motifs is 2. The minimum absolute atomic E-state index is 0.0458. The monoisotopic (exact) mass is 450 g/mol. The van der Waals surface area contributed by atoms with E-state index in [-0.39, 0.29) is 23.8 Å². The predicted octanol–water partition coefficient (Wildman–Crippen LogP) is 3.53. The third-order valence-corrected chi connectivity index (χ3v) is 7.35. The highest BCUT2D eigenvalue weighted by molar-refractivity contribution is 5.97. The van der Waals surface area contributed by atoms with Crippen LogP contribution in [0.1, 0.15) is 21.5 Å². The van der Waals surface area contributed by atoms with E-state index in [4.69, 9.17) is 5.73 Å². The topological polar surface area (TPSA) is 80.0 Å². The third-order valence-electron chi connectivity index (χ3n) is 7.35. The predicted molar refractivity (Wildman–Crippen MR) is 119 cm³/mol. The highest BCUT2D eigenvalue weighted by Crippen LogP contribution is 2.68. The molecule has 4 N–H and O–H groups in total. The molecule has 0 bridgehead atoms. The van der Waals surface area contributed by atoms with Crippen LogP contribution in [0.2, 0.25) is 0 Å². The summed E-state index contributed by atoms with van der Waals surface area (Å²) in [7, 11) is 0. The molecule has 3 aromatic rings. The number of nitrogens with one attached hydrogen (secondary N) is 2. The second-order valence-corrected chi connectivity index (χ2v) is 8.99. The number of benzene rings is 2. The van der Waals surface area contributed by atoms with Gasteiger partial charge >= 0.3 is 0 Å². The molecule has 3 heterocycles. The average molecular weight is 450 g/mol. The summed E-state index contributed by atoms with van der Waals surface area (Å²) >= 11 is 0. The number of rotatable bonds is 3. The number of alkyl halides is 2. The minimum atomic E-state index is -2.72. The van der Waals surface area contributed by atoms with E-state index in [1.165, 1.54) is 0 Å². The van der Waals surface area contributed by atoms with Crippen LogP contribution in [0.4, 0.5) is 19.0 Å². The van der Waals surface area contributed by atoms with Crippen molar-refractivity contribution >= 4 is 11.7 Å². The lowest BCUT2D eigenvalue weighted by Gasteiger charge is -2.18. The normalized spacial score (nSPS) is 24.7. The van der Waals surface area contributed by atoms with Crippen molar-refractivity contribution in [2.24, 2.45) is 5.92 Å². The summed E-state index contributed by atoms with van der Waals surface area (Å²) in [4.78, 5) is 15.9. The third kappa shape index (κ3) is 2.76. The van der Waals surface area contributed by atoms with Crippen LogP contribution in [-0.4, -0.2) is 36.4 Å². The number of nitrogen functional groups attached to an aromatic ring is 1. The molecule has 3 aliphatic rings. The number of pyridine rings is 1. The van der Waals surface area contributed by atoms with Gasteiger partial charge in [-0.1, -0.05) is 36.4 Å². The van der Waals surface area contributed by atoms with E-state index in [2.05, 4.69) is 15.6 Å². The Morgan fingerprint density at radius 3 is 2.48 bits per heavy atom. The number of nitrogens with zero attached hydrogens (tertiary/aromatic N) is 1. The molecule has 2 aromatic carbocycles. The van der Waals surface area contributed by atoms with Crippen molar-refractivity contribution < 1.29 is 18.0 Å². The van der Waals surface area contributed by atoms with Crippen LogP contribution in [0.25, 0.3) is 22.3 Å². The van der Waals surface area contributed by atoms with Crippen molar-refractivity contribution in [2.75, 3.05) is 25.4 Å². The maximum absolute atomic E-state index is 14.8. The summed E-state index contributed by atoms with van der Waals surface area (Å²) in [5, 5.41) is 5.85. The van der Waals surface area contributed by atoms with E-state index in [1.807, 2.05) is 6.07 Å². The Balaban J connectivity index is 1.38. The van der Waals surface area contributed by atoms with E-state index < -0.39 is 23.2 Å². The molecule has 2 fully saturated rings. The Morgan fingerprint density at radius 1 is 1.00 bits per heavy atom. The largest absolute Gasteiger partial charge is 0.383 e. The smallest absolute Gasteiger partial charge is 0.264 e. The van der Waals surface area contributed by atoms with Crippen molar-refractivity contribution in [3.63, 3.8) is 0 Å². The summed E-state index contributed by atoms with van der Waals surface area (Å²) < 4.78 is 43.5. The zero-order chi connectivity index (χ0) is 23.0. The summed E-state index contributed by atoms with van der Waals surface area (Å²) in [6.07, 6.45) is 0.694. The Labute approximate surface area is 188 Å². The van der Waals surface area contributed by atoms with Crippen molar-refractivity contribution in [3.8, 4) is 22.3 Å². The lowest BCUT2D eigenvalue weighted by molar-refractivity contribution is 0.0676. The molecule has 2 atom stereocenters. The molecule has 33 heavy (non-hydrogen) atoms. The van der Waals surface area contributed by atoms with Crippen molar-refractivity contribution in [1.82, 2.24) is 15.6 Å². The van der Waals surface area contributed by atoms with Gasteiger partial charge in [0.15, 0.2) is 0 Å². The molecule has 1 amide bonds. The number of carbonyl (C=O) groups excluding carboxylic acids is 1. The fourth-order valence-electron chi connectivity index (χ4n) is 5.47. The molecule has 2 aliphatic heterocycles. The van der Waals surface area contributed by atoms with Gasteiger partial charge in [0.25, 0.3) is 11.8 Å². The fraction of sp³-hybridized carbons (Fsp3) is 0.280. The number of hydrogen-bond donors (Lipinski definition) is 3. The van der Waals surface area contributed by atoms with E-state index >= 15 is 0 Å². The van der Waals surface area contributed by atoms with Crippen molar-refractivity contribution in [2.45, 2.75) is 17.8 Å². The minimum Gasteiger partial charge on any atom is -0.383 e. The Bertz CT molecular complexity index is 1310. The molecule has 5 nitrogen and oxygen atoms in total. The van der Waals surface area contributed by atoms with Gasteiger partial charge in [-0.15, -0.1) is 0 Å². The molecule has 6 rings (SSSR count). The quantitative estimate of drug-likeness (QED) is 0.534. The number of anilines is 1. The Morgan fingerprint density at radius 2 is 1.76 bits per heavy atom. The van der Waals surface area contributed by atoms with Gasteiger partial charge in [-0.2, -0.15) is 4.39 Å². The number of amides is 1. The molecule has 1 aliphatic carbocycles. The van der Waals surface area contributed by atoms with E-state index in [1.54, 1.807) is 42.5 Å². The van der Waals surface area contributed by atoms with Gasteiger partial charge in [-0.05, 0) is 40.8 Å². The van der Waals surface area contributed by atoms with Crippen LogP contribution in [0.3, 0.4) is 0 Å². The van der Waals surface area contributed by atoms with Gasteiger partial charge in [0.1, 0.15) is 5.82 Å². The van der Waals surface area contributed by atoms with Gasteiger partial charge in [0.05, 0.1) is 11.3 Å². The molecular formula is C25H21F3N4O. The molecule has 8 heteroatoms. The Kier molecular flexibility index (Phi) is 4.17. The molecule has 2 unspecified atom stereocenters. The zero-order valence-electron chi connectivity index (χ0n) is 17.6. The van der Waals surface area contributed by atoms with Gasteiger partial charge in [0.2, 0.25) is 5.95 Å². The molecule has 1 saturated carbocycles. The maximum atomic E-state index is 14.8. The first-order chi connectivity index (χ1) is 15.8. The summed E-state index contributed by atoms with van der Waals surface area (Å²) in [6, 6.07) is 13.6. The lowest BCUT2D eigenvalue weighted by atomic mass is 9.91. The highest BCUT2D eigenvalue weighted by Gasteiger charge is 2.82. The molecule has 0 spiro atoms. The first-order valence-corrected chi connectivity index (χ1v) is 10.9. The Hall–Kier alpha value is -3.39.